The van der Waals surface area contributed by atoms with E-state index in [0.717, 1.165) is 74.0 Å². The number of rotatable bonds is 4. The molecule has 3 heterocycles. The number of carbonyl (C=O) groups is 2. The highest BCUT2D eigenvalue weighted by Crippen LogP contribution is 2.64. The molecule has 1 N–H and O–H groups in total. The van der Waals surface area contributed by atoms with Gasteiger partial charge in [0, 0.05) is 38.1 Å². The summed E-state index contributed by atoms with van der Waals surface area (Å²) in [5.41, 5.74) is 4.66. The number of likely N-dealkylation sites (tertiary alicyclic amines) is 1. The number of aliphatic hydroxyl groups is 1. The number of piperazine rings is 1. The van der Waals surface area contributed by atoms with E-state index in [9.17, 15) is 14.7 Å². The Labute approximate surface area is 278 Å². The van der Waals surface area contributed by atoms with Crippen LogP contribution in [-0.4, -0.2) is 83.2 Å². The summed E-state index contributed by atoms with van der Waals surface area (Å²) in [4.78, 5) is 38.2. The van der Waals surface area contributed by atoms with Gasteiger partial charge in [-0.05, 0) is 117 Å². The highest BCUT2D eigenvalue weighted by Gasteiger charge is 2.59. The van der Waals surface area contributed by atoms with Crippen LogP contribution in [0.25, 0.3) is 10.9 Å². The van der Waals surface area contributed by atoms with Crippen LogP contribution in [-0.2, 0) is 11.2 Å². The minimum absolute atomic E-state index is 0.00926. The quantitative estimate of drug-likeness (QED) is 0.390. The normalized spacial score (nSPS) is 31.8. The first-order valence-electron chi connectivity index (χ1n) is 17.8. The summed E-state index contributed by atoms with van der Waals surface area (Å²) < 4.78 is 5.97. The number of hydrogen-bond donors (Lipinski definition) is 1. The Morgan fingerprint density at radius 2 is 1.74 bits per heavy atom. The fourth-order valence-electron chi connectivity index (χ4n) is 10.2. The number of fused-ring (bicyclic) bond motifs is 6. The minimum atomic E-state index is -0.568. The van der Waals surface area contributed by atoms with E-state index < -0.39 is 11.6 Å². The van der Waals surface area contributed by atoms with Gasteiger partial charge in [0.05, 0.1) is 23.9 Å². The summed E-state index contributed by atoms with van der Waals surface area (Å²) in [6.45, 7) is 7.69. The van der Waals surface area contributed by atoms with E-state index >= 15 is 0 Å². The highest BCUT2D eigenvalue weighted by atomic mass is 16.5. The second kappa shape index (κ2) is 11.5. The Bertz CT molecular complexity index is 1710. The number of anilines is 1. The maximum atomic E-state index is 13.9. The van der Waals surface area contributed by atoms with Crippen LogP contribution in [0.5, 0.6) is 5.75 Å². The summed E-state index contributed by atoms with van der Waals surface area (Å²) in [6, 6.07) is 15.8. The molecule has 2 aliphatic heterocycles. The minimum Gasteiger partial charge on any atom is -0.495 e. The van der Waals surface area contributed by atoms with Crippen molar-refractivity contribution < 1.29 is 19.4 Å². The van der Waals surface area contributed by atoms with Gasteiger partial charge in [0.15, 0.2) is 0 Å². The molecule has 2 amide bonds. The lowest BCUT2D eigenvalue weighted by Crippen LogP contribution is -2.54. The van der Waals surface area contributed by atoms with Gasteiger partial charge in [-0.15, -0.1) is 0 Å². The molecule has 3 aromatic rings. The number of carbonyl (C=O) groups excluding carboxylic acids is 2. The lowest BCUT2D eigenvalue weighted by Gasteiger charge is -2.52. The zero-order chi connectivity index (χ0) is 32.5. The van der Waals surface area contributed by atoms with E-state index in [4.69, 9.17) is 4.74 Å². The molecule has 2 saturated heterocycles. The lowest BCUT2D eigenvalue weighted by atomic mass is 9.53. The van der Waals surface area contributed by atoms with Gasteiger partial charge in [-0.25, -0.2) is 4.98 Å². The third kappa shape index (κ3) is 4.92. The van der Waals surface area contributed by atoms with Gasteiger partial charge >= 0.3 is 0 Å². The van der Waals surface area contributed by atoms with Crippen molar-refractivity contribution in [3.05, 3.63) is 65.4 Å². The third-order valence-electron chi connectivity index (χ3n) is 13.1. The third-order valence-corrected chi connectivity index (χ3v) is 13.1. The topological polar surface area (TPSA) is 86.2 Å². The fourth-order valence-corrected chi connectivity index (χ4v) is 10.2. The van der Waals surface area contributed by atoms with E-state index in [1.165, 1.54) is 17.5 Å². The van der Waals surface area contributed by atoms with Crippen molar-refractivity contribution in [1.82, 2.24) is 14.8 Å². The number of ether oxygens (including phenoxy) is 1. The Morgan fingerprint density at radius 1 is 0.936 bits per heavy atom. The van der Waals surface area contributed by atoms with Crippen LogP contribution >= 0.6 is 0 Å². The molecule has 0 bridgehead atoms. The first-order valence-corrected chi connectivity index (χ1v) is 17.8. The zero-order valence-electron chi connectivity index (χ0n) is 28.1. The van der Waals surface area contributed by atoms with Crippen LogP contribution in [0.2, 0.25) is 0 Å². The summed E-state index contributed by atoms with van der Waals surface area (Å²) in [7, 11) is 1.76. The zero-order valence-corrected chi connectivity index (χ0v) is 28.1. The lowest BCUT2D eigenvalue weighted by molar-refractivity contribution is -0.135. The van der Waals surface area contributed by atoms with Crippen molar-refractivity contribution in [1.29, 1.82) is 0 Å². The molecule has 6 atom stereocenters. The number of pyridine rings is 1. The van der Waals surface area contributed by atoms with Crippen molar-refractivity contribution in [2.45, 2.75) is 82.8 Å². The van der Waals surface area contributed by atoms with E-state index in [1.807, 2.05) is 35.2 Å². The van der Waals surface area contributed by atoms with Crippen molar-refractivity contribution in [3.8, 4) is 5.75 Å². The number of methoxy groups -OCH3 is 1. The average molecular weight is 637 g/mol. The molecular formula is C39H48N4O4. The Kier molecular flexibility index (Phi) is 7.50. The average Bonchev–Trinajstić information content (AvgIpc) is 3.68. The standard InChI is InChI=1S/C39H48N4O4/c1-38-16-14-27-28(30(38)15-17-39(38,2)46)12-10-26-23-35(47-3)34(24-29(26)27)41-19-21-42(22-20-41)37(45)33-9-6-18-43(33)36(44)32-13-11-25-7-4-5-8-31(25)40-32/h4-5,7-8,11,13,23-24,27-28,30,33,46H,6,9-10,12,14-22H2,1-3H3/t27-,28+,30-,33-,38-,39-/m0/s1. The predicted octanol–water partition coefficient (Wildman–Crippen LogP) is 5.80. The second-order valence-electron chi connectivity index (χ2n) is 15.3. The van der Waals surface area contributed by atoms with Gasteiger partial charge in [0.25, 0.3) is 5.91 Å². The molecule has 4 fully saturated rings. The van der Waals surface area contributed by atoms with Gasteiger partial charge in [0.1, 0.15) is 17.5 Å². The number of amides is 2. The van der Waals surface area contributed by atoms with Crippen molar-refractivity contribution in [2.24, 2.45) is 17.3 Å². The summed E-state index contributed by atoms with van der Waals surface area (Å²) in [6.07, 6.45) is 8.00. The largest absolute Gasteiger partial charge is 0.495 e. The maximum absolute atomic E-state index is 13.9. The number of para-hydroxylation sites is 1. The van der Waals surface area contributed by atoms with E-state index in [0.29, 0.717) is 49.5 Å². The monoisotopic (exact) mass is 636 g/mol. The molecule has 3 aliphatic carbocycles. The Balaban J connectivity index is 0.969. The maximum Gasteiger partial charge on any atom is 0.273 e. The molecule has 2 aromatic carbocycles. The van der Waals surface area contributed by atoms with Crippen molar-refractivity contribution in [2.75, 3.05) is 44.7 Å². The van der Waals surface area contributed by atoms with Crippen LogP contribution < -0.4 is 9.64 Å². The molecule has 8 rings (SSSR count). The van der Waals surface area contributed by atoms with E-state index in [-0.39, 0.29) is 17.2 Å². The molecule has 0 unspecified atom stereocenters. The molecule has 0 spiro atoms. The molecule has 0 radical (unpaired) electrons. The molecule has 2 saturated carbocycles. The molecule has 1 aromatic heterocycles. The van der Waals surface area contributed by atoms with Crippen molar-refractivity contribution in [3.63, 3.8) is 0 Å². The van der Waals surface area contributed by atoms with E-state index in [2.05, 4.69) is 35.9 Å². The van der Waals surface area contributed by atoms with Crippen LogP contribution in [0.1, 0.15) is 86.3 Å². The first kappa shape index (κ1) is 30.7. The number of aromatic nitrogens is 1. The summed E-state index contributed by atoms with van der Waals surface area (Å²) in [5, 5.41) is 12.3. The van der Waals surface area contributed by atoms with Gasteiger partial charge in [-0.2, -0.15) is 0 Å². The smallest absolute Gasteiger partial charge is 0.273 e. The van der Waals surface area contributed by atoms with Crippen LogP contribution in [0.3, 0.4) is 0 Å². The van der Waals surface area contributed by atoms with Crippen molar-refractivity contribution >= 4 is 28.4 Å². The van der Waals surface area contributed by atoms with Crippen LogP contribution in [0.4, 0.5) is 5.69 Å². The number of nitrogens with zero attached hydrogens (tertiary/aromatic N) is 4. The molecule has 5 aliphatic rings. The highest BCUT2D eigenvalue weighted by molar-refractivity contribution is 5.98. The first-order chi connectivity index (χ1) is 22.7. The summed E-state index contributed by atoms with van der Waals surface area (Å²) in [5.74, 6) is 2.53. The van der Waals surface area contributed by atoms with Crippen LogP contribution in [0.15, 0.2) is 48.5 Å². The predicted molar refractivity (Wildman–Crippen MR) is 183 cm³/mol. The Morgan fingerprint density at radius 3 is 2.55 bits per heavy atom. The Hall–Kier alpha value is -3.65. The van der Waals surface area contributed by atoms with Gasteiger partial charge in [0.2, 0.25) is 5.91 Å². The SMILES string of the molecule is COc1cc2c(cc1N1CCN(C(=O)[C@@H]3CCCN3C(=O)c3ccc4ccccc4n3)CC1)[C@H]1CC[C@@]3(C)[C@@H](CC[C@]3(C)O)[C@@H]1CC2. The number of aryl methyl sites for hydroxylation is 1. The molecule has 248 valence electrons. The summed E-state index contributed by atoms with van der Waals surface area (Å²) >= 11 is 0. The molecule has 8 nitrogen and oxygen atoms in total. The van der Waals surface area contributed by atoms with E-state index in [1.54, 1.807) is 18.1 Å². The number of benzene rings is 2. The van der Waals surface area contributed by atoms with Gasteiger partial charge in [-0.3, -0.25) is 9.59 Å². The van der Waals surface area contributed by atoms with Gasteiger partial charge in [-0.1, -0.05) is 31.2 Å². The second-order valence-corrected chi connectivity index (χ2v) is 15.3. The fraction of sp³-hybridized carbons (Fsp3) is 0.564. The molecular weight excluding hydrogens is 588 g/mol. The van der Waals surface area contributed by atoms with Gasteiger partial charge < -0.3 is 24.5 Å². The van der Waals surface area contributed by atoms with Crippen LogP contribution in [0, 0.1) is 17.3 Å². The molecule has 8 heteroatoms. The number of hydrogen-bond acceptors (Lipinski definition) is 6. The molecule has 47 heavy (non-hydrogen) atoms.